The molecule has 0 radical (unpaired) electrons. The van der Waals surface area contributed by atoms with Crippen molar-refractivity contribution in [2.24, 2.45) is 0 Å². The summed E-state index contributed by atoms with van der Waals surface area (Å²) in [6.07, 6.45) is 1.73. The van der Waals surface area contributed by atoms with Crippen LogP contribution in [0.15, 0.2) is 54.7 Å². The quantitative estimate of drug-likeness (QED) is 0.659. The summed E-state index contributed by atoms with van der Waals surface area (Å²) in [6, 6.07) is 15.6. The summed E-state index contributed by atoms with van der Waals surface area (Å²) in [4.78, 5) is 11.0. The van der Waals surface area contributed by atoms with Gasteiger partial charge >= 0.3 is 0 Å². The lowest BCUT2D eigenvalue weighted by molar-refractivity contribution is 0.107. The predicted molar refractivity (Wildman–Crippen MR) is 71.3 cm³/mol. The van der Waals surface area contributed by atoms with Gasteiger partial charge in [0.05, 0.1) is 5.69 Å². The Morgan fingerprint density at radius 3 is 2.61 bits per heavy atom. The number of carbonyl (C=O) groups is 1. The van der Waals surface area contributed by atoms with Gasteiger partial charge in [-0.2, -0.15) is 5.10 Å². The third-order valence-corrected chi connectivity index (χ3v) is 3.00. The minimum atomic E-state index is -0.547. The number of rotatable bonds is 2. The number of benzene rings is 2. The molecule has 0 N–H and O–H groups in total. The molecule has 4 heteroatoms. The van der Waals surface area contributed by atoms with Gasteiger partial charge in [-0.25, -0.2) is 4.68 Å². The van der Waals surface area contributed by atoms with E-state index in [0.29, 0.717) is 0 Å². The normalized spacial score (nSPS) is 10.7. The van der Waals surface area contributed by atoms with E-state index < -0.39 is 5.24 Å². The van der Waals surface area contributed by atoms with Crippen molar-refractivity contribution in [3.63, 3.8) is 0 Å². The molecule has 3 nitrogen and oxygen atoms in total. The molecule has 0 spiro atoms. The van der Waals surface area contributed by atoms with E-state index in [-0.39, 0.29) is 5.69 Å². The Bertz CT molecular complexity index is 728. The fourth-order valence-corrected chi connectivity index (χ4v) is 2.07. The van der Waals surface area contributed by atoms with E-state index in [2.05, 4.69) is 5.10 Å². The second-order valence-electron chi connectivity index (χ2n) is 3.92. The maximum absolute atomic E-state index is 11.0. The van der Waals surface area contributed by atoms with E-state index >= 15 is 0 Å². The van der Waals surface area contributed by atoms with Gasteiger partial charge in [-0.05, 0) is 29.1 Å². The van der Waals surface area contributed by atoms with Gasteiger partial charge in [0.15, 0.2) is 0 Å². The standard InChI is InChI=1S/C14H9ClN2O/c15-14(18)12-8-9-17(16-12)13-7-3-5-10-4-1-2-6-11(10)13/h1-9H. The number of hydrogen-bond donors (Lipinski definition) is 0. The van der Waals surface area contributed by atoms with E-state index in [0.717, 1.165) is 16.5 Å². The highest BCUT2D eigenvalue weighted by Crippen LogP contribution is 2.21. The molecular formula is C14H9ClN2O. The minimum Gasteiger partial charge on any atom is -0.274 e. The van der Waals surface area contributed by atoms with Gasteiger partial charge in [0, 0.05) is 11.6 Å². The number of aromatic nitrogens is 2. The molecule has 0 saturated heterocycles. The van der Waals surface area contributed by atoms with Crippen LogP contribution in [0.5, 0.6) is 0 Å². The molecular weight excluding hydrogens is 248 g/mol. The molecule has 0 unspecified atom stereocenters. The van der Waals surface area contributed by atoms with E-state index in [9.17, 15) is 4.79 Å². The minimum absolute atomic E-state index is 0.254. The lowest BCUT2D eigenvalue weighted by Gasteiger charge is -2.05. The largest absolute Gasteiger partial charge is 0.274 e. The van der Waals surface area contributed by atoms with E-state index in [1.807, 2.05) is 42.5 Å². The predicted octanol–water partition coefficient (Wildman–Crippen LogP) is 3.40. The summed E-state index contributed by atoms with van der Waals surface area (Å²) < 4.78 is 1.66. The van der Waals surface area contributed by atoms with Crippen LogP contribution in [0.2, 0.25) is 0 Å². The Balaban J connectivity index is 2.21. The molecule has 0 aliphatic heterocycles. The van der Waals surface area contributed by atoms with Crippen molar-refractivity contribution in [2.75, 3.05) is 0 Å². The third kappa shape index (κ3) is 1.79. The van der Waals surface area contributed by atoms with Gasteiger partial charge < -0.3 is 0 Å². The summed E-state index contributed by atoms with van der Waals surface area (Å²) in [5, 5.41) is 5.83. The zero-order valence-corrected chi connectivity index (χ0v) is 10.1. The van der Waals surface area contributed by atoms with Crippen molar-refractivity contribution in [3.8, 4) is 5.69 Å². The van der Waals surface area contributed by atoms with Crippen molar-refractivity contribution in [3.05, 3.63) is 60.4 Å². The molecule has 2 aromatic carbocycles. The molecule has 0 amide bonds. The smallest absolute Gasteiger partial charge is 0.272 e. The van der Waals surface area contributed by atoms with E-state index in [4.69, 9.17) is 11.6 Å². The molecule has 88 valence electrons. The highest BCUT2D eigenvalue weighted by Gasteiger charge is 2.08. The van der Waals surface area contributed by atoms with Crippen molar-refractivity contribution in [2.45, 2.75) is 0 Å². The SMILES string of the molecule is O=C(Cl)c1ccn(-c2cccc3ccccc23)n1. The van der Waals surface area contributed by atoms with Crippen LogP contribution in [0.4, 0.5) is 0 Å². The fourth-order valence-electron chi connectivity index (χ4n) is 1.97. The summed E-state index contributed by atoms with van der Waals surface area (Å²) in [6.45, 7) is 0. The van der Waals surface area contributed by atoms with Gasteiger partial charge in [-0.3, -0.25) is 4.79 Å². The molecule has 3 aromatic rings. The molecule has 18 heavy (non-hydrogen) atoms. The Morgan fingerprint density at radius 1 is 1.06 bits per heavy atom. The van der Waals surface area contributed by atoms with Crippen LogP contribution in [-0.4, -0.2) is 15.0 Å². The number of nitrogens with zero attached hydrogens (tertiary/aromatic N) is 2. The van der Waals surface area contributed by atoms with Crippen LogP contribution in [-0.2, 0) is 0 Å². The number of halogens is 1. The average molecular weight is 257 g/mol. The molecule has 0 bridgehead atoms. The Hall–Kier alpha value is -2.13. The van der Waals surface area contributed by atoms with Crippen molar-refractivity contribution >= 4 is 27.6 Å². The lowest BCUT2D eigenvalue weighted by Crippen LogP contribution is -1.98. The van der Waals surface area contributed by atoms with Crippen LogP contribution in [0, 0.1) is 0 Å². The van der Waals surface area contributed by atoms with Gasteiger partial charge in [0.1, 0.15) is 5.69 Å². The first-order valence-electron chi connectivity index (χ1n) is 5.49. The Labute approximate surface area is 109 Å². The molecule has 0 aliphatic carbocycles. The molecule has 1 aromatic heterocycles. The molecule has 1 heterocycles. The first kappa shape index (κ1) is 11.0. The Morgan fingerprint density at radius 2 is 1.83 bits per heavy atom. The van der Waals surface area contributed by atoms with Crippen LogP contribution in [0.1, 0.15) is 10.5 Å². The van der Waals surface area contributed by atoms with Crippen LogP contribution in [0.3, 0.4) is 0 Å². The molecule has 0 fully saturated rings. The van der Waals surface area contributed by atoms with Crippen molar-refractivity contribution in [1.82, 2.24) is 9.78 Å². The summed E-state index contributed by atoms with van der Waals surface area (Å²) in [5.41, 5.74) is 1.18. The average Bonchev–Trinajstić information content (AvgIpc) is 2.87. The highest BCUT2D eigenvalue weighted by molar-refractivity contribution is 6.67. The first-order valence-corrected chi connectivity index (χ1v) is 5.87. The van der Waals surface area contributed by atoms with E-state index in [1.165, 1.54) is 0 Å². The molecule has 0 atom stereocenters. The molecule has 0 saturated carbocycles. The summed E-state index contributed by atoms with van der Waals surface area (Å²) in [5.74, 6) is 0. The van der Waals surface area contributed by atoms with Crippen molar-refractivity contribution < 1.29 is 4.79 Å². The fraction of sp³-hybridized carbons (Fsp3) is 0. The second kappa shape index (κ2) is 4.27. The van der Waals surface area contributed by atoms with Crippen LogP contribution >= 0.6 is 11.6 Å². The van der Waals surface area contributed by atoms with Gasteiger partial charge in [0.2, 0.25) is 0 Å². The first-order chi connectivity index (χ1) is 8.75. The summed E-state index contributed by atoms with van der Waals surface area (Å²) >= 11 is 5.41. The number of hydrogen-bond acceptors (Lipinski definition) is 2. The van der Waals surface area contributed by atoms with Crippen LogP contribution in [0.25, 0.3) is 16.5 Å². The van der Waals surface area contributed by atoms with Gasteiger partial charge in [-0.1, -0.05) is 36.4 Å². The molecule has 3 rings (SSSR count). The summed E-state index contributed by atoms with van der Waals surface area (Å²) in [7, 11) is 0. The maximum atomic E-state index is 11.0. The van der Waals surface area contributed by atoms with Crippen LogP contribution < -0.4 is 0 Å². The second-order valence-corrected chi connectivity index (χ2v) is 4.26. The topological polar surface area (TPSA) is 34.9 Å². The zero-order valence-electron chi connectivity index (χ0n) is 9.38. The number of carbonyl (C=O) groups excluding carboxylic acids is 1. The Kier molecular flexibility index (Phi) is 2.61. The third-order valence-electron chi connectivity index (χ3n) is 2.80. The van der Waals surface area contributed by atoms with Gasteiger partial charge in [0.25, 0.3) is 5.24 Å². The van der Waals surface area contributed by atoms with Crippen molar-refractivity contribution in [1.29, 1.82) is 0 Å². The number of fused-ring (bicyclic) bond motifs is 1. The van der Waals surface area contributed by atoms with Gasteiger partial charge in [-0.15, -0.1) is 0 Å². The monoisotopic (exact) mass is 256 g/mol. The zero-order chi connectivity index (χ0) is 12.5. The maximum Gasteiger partial charge on any atom is 0.272 e. The lowest BCUT2D eigenvalue weighted by atomic mass is 10.1. The van der Waals surface area contributed by atoms with E-state index in [1.54, 1.807) is 16.9 Å². The highest BCUT2D eigenvalue weighted by atomic mass is 35.5. The molecule has 0 aliphatic rings.